The van der Waals surface area contributed by atoms with Crippen LogP contribution in [0.1, 0.15) is 26.1 Å². The number of tetrazole rings is 1. The van der Waals surface area contributed by atoms with Gasteiger partial charge in [-0.1, -0.05) is 19.1 Å². The fourth-order valence-electron chi connectivity index (χ4n) is 1.32. The van der Waals surface area contributed by atoms with Crippen molar-refractivity contribution in [3.8, 4) is 0 Å². The molecule has 0 saturated carbocycles. The Morgan fingerprint density at radius 2 is 2.17 bits per heavy atom. The number of amides is 2. The summed E-state index contributed by atoms with van der Waals surface area (Å²) in [5.41, 5.74) is 0. The van der Waals surface area contributed by atoms with Gasteiger partial charge in [-0.15, -0.1) is 10.2 Å². The van der Waals surface area contributed by atoms with Gasteiger partial charge in [0.25, 0.3) is 0 Å². The number of hydrogen-bond acceptors (Lipinski definition) is 5. The van der Waals surface area contributed by atoms with Gasteiger partial charge < -0.3 is 15.7 Å². The average Bonchev–Trinajstić information content (AvgIpc) is 2.77. The number of aliphatic carboxylic acids is 1. The summed E-state index contributed by atoms with van der Waals surface area (Å²) in [7, 11) is 0. The van der Waals surface area contributed by atoms with Crippen LogP contribution in [0.2, 0.25) is 0 Å². The van der Waals surface area contributed by atoms with E-state index in [2.05, 4.69) is 31.3 Å². The van der Waals surface area contributed by atoms with E-state index in [1.807, 2.05) is 13.8 Å². The van der Waals surface area contributed by atoms with E-state index in [0.29, 0.717) is 12.2 Å². The van der Waals surface area contributed by atoms with Crippen LogP contribution in [0.4, 0.5) is 4.79 Å². The molecule has 9 heteroatoms. The molecule has 1 heterocycles. The van der Waals surface area contributed by atoms with Crippen molar-refractivity contribution in [1.29, 1.82) is 0 Å². The summed E-state index contributed by atoms with van der Waals surface area (Å²) in [4.78, 5) is 22.4. The minimum Gasteiger partial charge on any atom is -0.480 e. The fourth-order valence-corrected chi connectivity index (χ4v) is 1.32. The first-order valence-corrected chi connectivity index (χ1v) is 5.48. The Hall–Kier alpha value is -2.19. The highest BCUT2D eigenvalue weighted by molar-refractivity contribution is 5.82. The summed E-state index contributed by atoms with van der Waals surface area (Å²) in [6.07, 6.45) is 0.366. The van der Waals surface area contributed by atoms with Gasteiger partial charge in [-0.05, 0) is 12.3 Å². The molecular formula is C9H16N6O3. The van der Waals surface area contributed by atoms with Gasteiger partial charge in [0.05, 0.1) is 6.54 Å². The van der Waals surface area contributed by atoms with E-state index >= 15 is 0 Å². The lowest BCUT2D eigenvalue weighted by molar-refractivity contribution is -0.139. The Labute approximate surface area is 103 Å². The summed E-state index contributed by atoms with van der Waals surface area (Å²) in [6.45, 7) is 3.85. The van der Waals surface area contributed by atoms with E-state index in [1.165, 1.54) is 0 Å². The third-order valence-corrected chi connectivity index (χ3v) is 2.11. The van der Waals surface area contributed by atoms with Crippen LogP contribution in [-0.4, -0.2) is 43.8 Å². The van der Waals surface area contributed by atoms with Gasteiger partial charge in [0, 0.05) is 0 Å². The molecule has 0 aliphatic heterocycles. The van der Waals surface area contributed by atoms with E-state index in [-0.39, 0.29) is 12.5 Å². The number of nitrogens with one attached hydrogen (secondary N) is 3. The Balaban J connectivity index is 2.39. The number of aromatic amines is 1. The highest BCUT2D eigenvalue weighted by Crippen LogP contribution is 2.04. The molecule has 0 radical (unpaired) electrons. The summed E-state index contributed by atoms with van der Waals surface area (Å²) < 4.78 is 0. The van der Waals surface area contributed by atoms with E-state index in [9.17, 15) is 9.59 Å². The smallest absolute Gasteiger partial charge is 0.326 e. The number of carbonyl (C=O) groups excluding carboxylic acids is 1. The van der Waals surface area contributed by atoms with Gasteiger partial charge in [-0.2, -0.15) is 5.21 Å². The number of hydrogen-bond donors (Lipinski definition) is 4. The SMILES string of the molecule is CC(C)C[C@H](NC(=O)NCc1nn[nH]n1)C(=O)O. The van der Waals surface area contributed by atoms with Gasteiger partial charge in [0.1, 0.15) is 6.04 Å². The van der Waals surface area contributed by atoms with E-state index in [4.69, 9.17) is 5.11 Å². The maximum Gasteiger partial charge on any atom is 0.326 e. The lowest BCUT2D eigenvalue weighted by Gasteiger charge is -2.16. The van der Waals surface area contributed by atoms with Crippen LogP contribution >= 0.6 is 0 Å². The van der Waals surface area contributed by atoms with Crippen LogP contribution < -0.4 is 10.6 Å². The van der Waals surface area contributed by atoms with Crippen LogP contribution in [0.5, 0.6) is 0 Å². The second-order valence-corrected chi connectivity index (χ2v) is 4.18. The largest absolute Gasteiger partial charge is 0.480 e. The van der Waals surface area contributed by atoms with Crippen molar-refractivity contribution in [1.82, 2.24) is 31.3 Å². The van der Waals surface area contributed by atoms with E-state index < -0.39 is 18.0 Å². The molecule has 9 nitrogen and oxygen atoms in total. The molecule has 0 aliphatic rings. The molecule has 0 spiro atoms. The molecular weight excluding hydrogens is 240 g/mol. The van der Waals surface area contributed by atoms with Crippen molar-refractivity contribution in [3.05, 3.63) is 5.82 Å². The molecule has 0 aliphatic carbocycles. The summed E-state index contributed by atoms with van der Waals surface area (Å²) in [5, 5.41) is 26.6. The third kappa shape index (κ3) is 4.76. The number of rotatable bonds is 6. The number of carbonyl (C=O) groups is 2. The summed E-state index contributed by atoms with van der Waals surface area (Å²) in [5.74, 6) is -0.567. The van der Waals surface area contributed by atoms with Crippen molar-refractivity contribution < 1.29 is 14.7 Å². The zero-order valence-corrected chi connectivity index (χ0v) is 10.2. The molecule has 0 aromatic carbocycles. The van der Waals surface area contributed by atoms with Gasteiger partial charge in [-0.25, -0.2) is 9.59 Å². The summed E-state index contributed by atoms with van der Waals surface area (Å²) in [6, 6.07) is -1.48. The second kappa shape index (κ2) is 6.52. The van der Waals surface area contributed by atoms with Gasteiger partial charge in [0.2, 0.25) is 0 Å². The number of carboxylic acid groups (broad SMARTS) is 1. The second-order valence-electron chi connectivity index (χ2n) is 4.18. The first-order chi connectivity index (χ1) is 8.49. The Kier molecular flexibility index (Phi) is 5.03. The monoisotopic (exact) mass is 256 g/mol. The van der Waals surface area contributed by atoms with Crippen LogP contribution in [0.25, 0.3) is 0 Å². The number of aromatic nitrogens is 4. The third-order valence-electron chi connectivity index (χ3n) is 2.11. The maximum absolute atomic E-state index is 11.5. The fraction of sp³-hybridized carbons (Fsp3) is 0.667. The van der Waals surface area contributed by atoms with Crippen molar-refractivity contribution >= 4 is 12.0 Å². The van der Waals surface area contributed by atoms with Crippen LogP contribution in [-0.2, 0) is 11.3 Å². The van der Waals surface area contributed by atoms with Crippen molar-refractivity contribution in [2.24, 2.45) is 5.92 Å². The average molecular weight is 256 g/mol. The van der Waals surface area contributed by atoms with Crippen molar-refractivity contribution in [2.45, 2.75) is 32.9 Å². The number of urea groups is 1. The molecule has 1 atom stereocenters. The summed E-state index contributed by atoms with van der Waals surface area (Å²) >= 11 is 0. The Morgan fingerprint density at radius 3 is 2.67 bits per heavy atom. The minimum absolute atomic E-state index is 0.0797. The first kappa shape index (κ1) is 13.9. The minimum atomic E-state index is -1.06. The predicted molar refractivity (Wildman–Crippen MR) is 60.4 cm³/mol. The quantitative estimate of drug-likeness (QED) is 0.542. The number of H-pyrrole nitrogens is 1. The van der Waals surface area contributed by atoms with Gasteiger partial charge in [0.15, 0.2) is 5.82 Å². The number of nitrogens with zero attached hydrogens (tertiary/aromatic N) is 3. The lowest BCUT2D eigenvalue weighted by atomic mass is 10.0. The molecule has 1 rings (SSSR count). The van der Waals surface area contributed by atoms with Crippen LogP contribution in [0.15, 0.2) is 0 Å². The highest BCUT2D eigenvalue weighted by atomic mass is 16.4. The molecule has 100 valence electrons. The molecule has 1 aromatic rings. The molecule has 1 aromatic heterocycles. The molecule has 0 fully saturated rings. The molecule has 0 unspecified atom stereocenters. The van der Waals surface area contributed by atoms with Crippen molar-refractivity contribution in [2.75, 3.05) is 0 Å². The van der Waals surface area contributed by atoms with Crippen molar-refractivity contribution in [3.63, 3.8) is 0 Å². The van der Waals surface area contributed by atoms with Gasteiger partial charge >= 0.3 is 12.0 Å². The lowest BCUT2D eigenvalue weighted by Crippen LogP contribution is -2.46. The first-order valence-electron chi connectivity index (χ1n) is 5.48. The van der Waals surface area contributed by atoms with Crippen LogP contribution in [0, 0.1) is 5.92 Å². The zero-order chi connectivity index (χ0) is 13.5. The number of carboxylic acids is 1. The van der Waals surface area contributed by atoms with E-state index in [1.54, 1.807) is 0 Å². The maximum atomic E-state index is 11.5. The zero-order valence-electron chi connectivity index (χ0n) is 10.2. The van der Waals surface area contributed by atoms with Gasteiger partial charge in [-0.3, -0.25) is 0 Å². The van der Waals surface area contributed by atoms with Crippen LogP contribution in [0.3, 0.4) is 0 Å². The standard InChI is InChI=1S/C9H16N6O3/c1-5(2)3-6(8(16)17)11-9(18)10-4-7-12-14-15-13-7/h5-6H,3-4H2,1-2H3,(H,16,17)(H2,10,11,18)(H,12,13,14,15)/t6-/m0/s1. The molecule has 4 N–H and O–H groups in total. The molecule has 2 amide bonds. The normalized spacial score (nSPS) is 12.2. The highest BCUT2D eigenvalue weighted by Gasteiger charge is 2.20. The predicted octanol–water partition coefficient (Wildman–Crippen LogP) is -0.502. The molecule has 18 heavy (non-hydrogen) atoms. The molecule has 0 saturated heterocycles. The Morgan fingerprint density at radius 1 is 1.44 bits per heavy atom. The topological polar surface area (TPSA) is 133 Å². The van der Waals surface area contributed by atoms with E-state index in [0.717, 1.165) is 0 Å². The Bertz CT molecular complexity index is 391. The molecule has 0 bridgehead atoms.